The molecule has 0 amide bonds. The lowest BCUT2D eigenvalue weighted by Crippen LogP contribution is -2.44. The highest BCUT2D eigenvalue weighted by Gasteiger charge is 2.43. The third kappa shape index (κ3) is 4.45. The Morgan fingerprint density at radius 1 is 1.00 bits per heavy atom. The summed E-state index contributed by atoms with van der Waals surface area (Å²) in [6.07, 6.45) is 2.06. The maximum absolute atomic E-state index is 13.0. The van der Waals surface area contributed by atoms with Crippen LogP contribution < -0.4 is 5.01 Å². The molecule has 5 rings (SSSR count). The van der Waals surface area contributed by atoms with Crippen LogP contribution in [0.4, 0.5) is 5.69 Å². The lowest BCUT2D eigenvalue weighted by Gasteiger charge is -2.32. The van der Waals surface area contributed by atoms with Gasteiger partial charge in [0.25, 0.3) is 0 Å². The first-order chi connectivity index (χ1) is 16.9. The van der Waals surface area contributed by atoms with E-state index in [1.165, 1.54) is 5.56 Å². The second kappa shape index (κ2) is 9.39. The topological polar surface area (TPSA) is 57.5 Å². The van der Waals surface area contributed by atoms with Crippen molar-refractivity contribution >= 4 is 40.7 Å². The average molecular weight is 485 g/mol. The molecule has 176 valence electrons. The minimum absolute atomic E-state index is 0.176. The number of benzene rings is 3. The molecule has 0 radical (unpaired) electrons. The van der Waals surface area contributed by atoms with Crippen LogP contribution in [0.5, 0.6) is 0 Å². The minimum atomic E-state index is -0.506. The molecule has 2 aliphatic rings. The van der Waals surface area contributed by atoms with Crippen molar-refractivity contribution in [2.45, 2.75) is 26.8 Å². The van der Waals surface area contributed by atoms with Crippen LogP contribution in [-0.2, 0) is 9.53 Å². The normalized spacial score (nSPS) is 16.9. The Morgan fingerprint density at radius 3 is 2.34 bits per heavy atom. The van der Waals surface area contributed by atoms with Gasteiger partial charge in [-0.2, -0.15) is 5.01 Å². The molecule has 0 aromatic heterocycles. The summed E-state index contributed by atoms with van der Waals surface area (Å²) in [4.78, 5) is 19.9. The molecule has 6 nitrogen and oxygen atoms in total. The van der Waals surface area contributed by atoms with Crippen molar-refractivity contribution in [2.75, 3.05) is 11.6 Å². The zero-order chi connectivity index (χ0) is 24.5. The van der Waals surface area contributed by atoms with Crippen molar-refractivity contribution in [1.29, 1.82) is 0 Å². The molecule has 0 fully saturated rings. The second-order valence-corrected chi connectivity index (χ2v) is 8.93. The van der Waals surface area contributed by atoms with E-state index < -0.39 is 5.97 Å². The largest absolute Gasteiger partial charge is 0.460 e. The van der Waals surface area contributed by atoms with Crippen molar-refractivity contribution in [3.63, 3.8) is 0 Å². The molecule has 0 saturated carbocycles. The van der Waals surface area contributed by atoms with E-state index in [4.69, 9.17) is 21.3 Å². The van der Waals surface area contributed by atoms with Gasteiger partial charge < -0.3 is 4.74 Å². The van der Waals surface area contributed by atoms with Crippen molar-refractivity contribution in [1.82, 2.24) is 4.90 Å². The Labute approximate surface area is 209 Å². The number of fused-ring (bicyclic) bond motifs is 1. The highest BCUT2D eigenvalue weighted by Crippen LogP contribution is 2.38. The van der Waals surface area contributed by atoms with Gasteiger partial charge in [-0.05, 0) is 50.6 Å². The molecule has 2 aliphatic heterocycles. The van der Waals surface area contributed by atoms with Crippen LogP contribution in [0.25, 0.3) is 5.70 Å². The third-order valence-corrected chi connectivity index (χ3v) is 6.15. The summed E-state index contributed by atoms with van der Waals surface area (Å²) in [5, 5.41) is 6.89. The fourth-order valence-electron chi connectivity index (χ4n) is 4.12. The van der Waals surface area contributed by atoms with Crippen LogP contribution in [0.15, 0.2) is 89.0 Å². The first kappa shape index (κ1) is 22.9. The molecule has 0 aliphatic carbocycles. The Hall–Kier alpha value is -3.90. The monoisotopic (exact) mass is 484 g/mol. The maximum Gasteiger partial charge on any atom is 0.376 e. The summed E-state index contributed by atoms with van der Waals surface area (Å²) in [5.74, 6) is 0.184. The molecule has 0 spiro atoms. The standard InChI is InChI=1S/C28H25ClN4O2/c1-4-35-27(34)26-31-33(23-7-5-6-22(29)16-23)28-30-24(20-12-8-18(2)9-13-20)17-25(32(26)28)21-14-10-19(3)11-15-21/h5-17,25H,4H2,1-3H3. The fraction of sp³-hybridized carbons (Fsp3) is 0.179. The van der Waals surface area contributed by atoms with Gasteiger partial charge in [0.2, 0.25) is 11.8 Å². The lowest BCUT2D eigenvalue weighted by atomic mass is 9.99. The van der Waals surface area contributed by atoms with Crippen LogP contribution >= 0.6 is 11.6 Å². The lowest BCUT2D eigenvalue weighted by molar-refractivity contribution is -0.135. The highest BCUT2D eigenvalue weighted by atomic mass is 35.5. The van der Waals surface area contributed by atoms with Gasteiger partial charge in [-0.1, -0.05) is 77.3 Å². The maximum atomic E-state index is 13.0. The van der Waals surface area contributed by atoms with Gasteiger partial charge in [0.1, 0.15) is 0 Å². The van der Waals surface area contributed by atoms with E-state index in [0.717, 1.165) is 22.4 Å². The van der Waals surface area contributed by atoms with Gasteiger partial charge >= 0.3 is 5.97 Å². The molecule has 7 heteroatoms. The van der Waals surface area contributed by atoms with Gasteiger partial charge in [-0.3, -0.25) is 4.90 Å². The number of carbonyl (C=O) groups excluding carboxylic acids is 1. The summed E-state index contributed by atoms with van der Waals surface area (Å²) < 4.78 is 5.37. The van der Waals surface area contributed by atoms with E-state index >= 15 is 0 Å². The van der Waals surface area contributed by atoms with E-state index in [9.17, 15) is 4.79 Å². The number of anilines is 1. The third-order valence-electron chi connectivity index (χ3n) is 5.92. The number of aliphatic imine (C=N–C) groups is 1. The predicted octanol–water partition coefficient (Wildman–Crippen LogP) is 6.11. The molecule has 1 atom stereocenters. The fourth-order valence-corrected chi connectivity index (χ4v) is 4.31. The Bertz CT molecular complexity index is 1360. The highest BCUT2D eigenvalue weighted by molar-refractivity contribution is 6.41. The minimum Gasteiger partial charge on any atom is -0.460 e. The van der Waals surface area contributed by atoms with E-state index in [-0.39, 0.29) is 18.5 Å². The summed E-state index contributed by atoms with van der Waals surface area (Å²) >= 11 is 6.29. The number of esters is 1. The summed E-state index contributed by atoms with van der Waals surface area (Å²) in [5.41, 5.74) is 5.82. The Balaban J connectivity index is 1.69. The van der Waals surface area contributed by atoms with Crippen molar-refractivity contribution < 1.29 is 9.53 Å². The summed E-state index contributed by atoms with van der Waals surface area (Å²) in [7, 11) is 0. The van der Waals surface area contributed by atoms with Crippen molar-refractivity contribution in [2.24, 2.45) is 10.1 Å². The number of hydrazone groups is 1. The number of carbonyl (C=O) groups is 1. The number of amidine groups is 1. The second-order valence-electron chi connectivity index (χ2n) is 8.49. The number of guanidine groups is 1. The number of halogens is 1. The van der Waals surface area contributed by atoms with Crippen LogP contribution in [0.1, 0.15) is 35.2 Å². The molecule has 1 unspecified atom stereocenters. The molecular formula is C28H25ClN4O2. The number of nitrogens with zero attached hydrogens (tertiary/aromatic N) is 4. The summed E-state index contributed by atoms with van der Waals surface area (Å²) in [6, 6.07) is 23.5. The Kier molecular flexibility index (Phi) is 6.14. The van der Waals surface area contributed by atoms with Gasteiger partial charge in [0.05, 0.1) is 24.0 Å². The van der Waals surface area contributed by atoms with Crippen molar-refractivity contribution in [3.8, 4) is 0 Å². The van der Waals surface area contributed by atoms with E-state index in [1.54, 1.807) is 24.1 Å². The molecular weight excluding hydrogens is 460 g/mol. The zero-order valence-electron chi connectivity index (χ0n) is 19.8. The Morgan fingerprint density at radius 2 is 1.69 bits per heavy atom. The smallest absolute Gasteiger partial charge is 0.376 e. The molecule has 3 aromatic rings. The van der Waals surface area contributed by atoms with E-state index in [1.807, 2.05) is 24.0 Å². The number of rotatable bonds is 5. The van der Waals surface area contributed by atoms with Gasteiger partial charge in [0, 0.05) is 10.6 Å². The molecule has 35 heavy (non-hydrogen) atoms. The van der Waals surface area contributed by atoms with Gasteiger partial charge in [0.15, 0.2) is 0 Å². The van der Waals surface area contributed by atoms with Gasteiger partial charge in [-0.15, -0.1) is 5.10 Å². The van der Waals surface area contributed by atoms with Crippen LogP contribution in [-0.4, -0.2) is 29.3 Å². The first-order valence-corrected chi connectivity index (χ1v) is 11.9. The zero-order valence-corrected chi connectivity index (χ0v) is 20.5. The average Bonchev–Trinajstić information content (AvgIpc) is 3.24. The number of hydrogen-bond acceptors (Lipinski definition) is 6. The van der Waals surface area contributed by atoms with E-state index in [0.29, 0.717) is 16.7 Å². The SMILES string of the molecule is CCOC(=O)C1=NN(c2cccc(Cl)c2)C2=NC(c3ccc(C)cc3)=CC(c3ccc(C)cc3)N12. The molecule has 3 aromatic carbocycles. The number of aryl methyl sites for hydroxylation is 2. The molecule has 2 heterocycles. The van der Waals surface area contributed by atoms with Gasteiger partial charge in [-0.25, -0.2) is 9.79 Å². The van der Waals surface area contributed by atoms with Crippen molar-refractivity contribution in [3.05, 3.63) is 106 Å². The molecule has 0 saturated heterocycles. The number of hydrogen-bond donors (Lipinski definition) is 0. The van der Waals surface area contributed by atoms with Crippen LogP contribution in [0, 0.1) is 13.8 Å². The first-order valence-electron chi connectivity index (χ1n) is 11.5. The van der Waals surface area contributed by atoms with Crippen LogP contribution in [0.3, 0.4) is 0 Å². The van der Waals surface area contributed by atoms with E-state index in [2.05, 4.69) is 66.6 Å². The summed E-state index contributed by atoms with van der Waals surface area (Å²) in [6.45, 7) is 6.13. The predicted molar refractivity (Wildman–Crippen MR) is 140 cm³/mol. The molecule has 0 N–H and O–H groups in total. The quantitative estimate of drug-likeness (QED) is 0.410. The molecule has 0 bridgehead atoms. The number of ether oxygens (including phenoxy) is 1. The van der Waals surface area contributed by atoms with Crippen LogP contribution in [0.2, 0.25) is 5.02 Å².